The summed E-state index contributed by atoms with van der Waals surface area (Å²) in [5, 5.41) is -0.675. The van der Waals surface area contributed by atoms with E-state index in [0.717, 1.165) is 0 Å². The lowest BCUT2D eigenvalue weighted by Gasteiger charge is -2.03. The molecule has 0 bridgehead atoms. The van der Waals surface area contributed by atoms with E-state index in [-0.39, 0.29) is 0 Å². The van der Waals surface area contributed by atoms with Gasteiger partial charge in [0, 0.05) is 12.4 Å². The number of nitrogens with one attached hydrogen (secondary N) is 1. The Bertz CT molecular complexity index is 328. The summed E-state index contributed by atoms with van der Waals surface area (Å²) in [4.78, 5) is 6.42. The zero-order valence-electron chi connectivity index (χ0n) is 8.63. The maximum absolute atomic E-state index is 10.4. The highest BCUT2D eigenvalue weighted by atomic mass is 32.2. The van der Waals surface area contributed by atoms with Crippen molar-refractivity contribution in [2.75, 3.05) is 0 Å². The molecule has 1 atom stereocenters. The third-order valence-electron chi connectivity index (χ3n) is 1.69. The molecule has 1 aromatic rings. The smallest absolute Gasteiger partial charge is 0.267 e. The Kier molecular flexibility index (Phi) is 6.64. The highest BCUT2D eigenvalue weighted by molar-refractivity contribution is 7.86. The predicted octanol–water partition coefficient (Wildman–Crippen LogP) is 1.64. The van der Waals surface area contributed by atoms with E-state index in [9.17, 15) is 8.42 Å². The van der Waals surface area contributed by atoms with E-state index < -0.39 is 15.4 Å². The van der Waals surface area contributed by atoms with Gasteiger partial charge in [0.2, 0.25) is 0 Å². The largest absolute Gasteiger partial charge is 0.351 e. The lowest BCUT2D eigenvalue weighted by atomic mass is 10.2. The summed E-state index contributed by atoms with van der Waals surface area (Å²) in [6.07, 6.45) is 7.75. The van der Waals surface area contributed by atoms with Crippen LogP contribution >= 0.6 is 0 Å². The molecule has 1 unspecified atom stereocenters. The molecule has 0 aromatic carbocycles. The molecule has 0 aliphatic heterocycles. The van der Waals surface area contributed by atoms with Crippen molar-refractivity contribution in [3.8, 4) is 0 Å². The second-order valence-corrected chi connectivity index (χ2v) is 4.79. The van der Waals surface area contributed by atoms with E-state index in [2.05, 4.69) is 16.5 Å². The fraction of sp³-hybridized carbons (Fsp3) is 0.444. The van der Waals surface area contributed by atoms with E-state index >= 15 is 0 Å². The maximum atomic E-state index is 10.4. The van der Waals surface area contributed by atoms with Crippen LogP contribution in [-0.2, 0) is 10.1 Å². The van der Waals surface area contributed by atoms with Gasteiger partial charge in [-0.1, -0.05) is 6.08 Å². The van der Waals surface area contributed by atoms with Crippen LogP contribution in [0.5, 0.6) is 0 Å². The molecule has 86 valence electrons. The molecular formula is C9H16N2O3S. The zero-order chi connectivity index (χ0) is 11.7. The SMILES string of the molecule is C=CCCC(C)S(=O)(=O)O.c1c[nH]cn1. The van der Waals surface area contributed by atoms with Gasteiger partial charge in [-0.25, -0.2) is 4.98 Å². The highest BCUT2D eigenvalue weighted by Crippen LogP contribution is 2.05. The number of allylic oxidation sites excluding steroid dienone is 1. The van der Waals surface area contributed by atoms with Crippen LogP contribution in [0.15, 0.2) is 31.4 Å². The van der Waals surface area contributed by atoms with E-state index in [1.807, 2.05) is 0 Å². The van der Waals surface area contributed by atoms with Gasteiger partial charge in [-0.15, -0.1) is 6.58 Å². The molecule has 0 aliphatic carbocycles. The number of aromatic amines is 1. The van der Waals surface area contributed by atoms with Gasteiger partial charge in [-0.05, 0) is 19.8 Å². The molecule has 0 saturated heterocycles. The summed E-state index contributed by atoms with van der Waals surface area (Å²) >= 11 is 0. The number of H-pyrrole nitrogens is 1. The van der Waals surface area contributed by atoms with Crippen LogP contribution < -0.4 is 0 Å². The fourth-order valence-electron chi connectivity index (χ4n) is 0.717. The molecule has 0 saturated carbocycles. The van der Waals surface area contributed by atoms with Crippen LogP contribution in [-0.4, -0.2) is 28.2 Å². The summed E-state index contributed by atoms with van der Waals surface area (Å²) in [7, 11) is -3.82. The topological polar surface area (TPSA) is 83.0 Å². The van der Waals surface area contributed by atoms with Gasteiger partial charge >= 0.3 is 0 Å². The van der Waals surface area contributed by atoms with Gasteiger partial charge in [0.25, 0.3) is 10.1 Å². The highest BCUT2D eigenvalue weighted by Gasteiger charge is 2.15. The average molecular weight is 232 g/mol. The summed E-state index contributed by atoms with van der Waals surface area (Å²) in [5.74, 6) is 0. The Morgan fingerprint density at radius 2 is 2.33 bits per heavy atom. The van der Waals surface area contributed by atoms with Gasteiger partial charge in [-0.3, -0.25) is 4.55 Å². The minimum absolute atomic E-state index is 0.433. The van der Waals surface area contributed by atoms with Crippen molar-refractivity contribution in [2.24, 2.45) is 0 Å². The van der Waals surface area contributed by atoms with Gasteiger partial charge in [-0.2, -0.15) is 8.42 Å². The molecule has 2 N–H and O–H groups in total. The molecule has 0 radical (unpaired) electrons. The zero-order valence-corrected chi connectivity index (χ0v) is 9.44. The molecule has 5 nitrogen and oxygen atoms in total. The fourth-order valence-corrected chi connectivity index (χ4v) is 1.15. The second-order valence-electron chi connectivity index (χ2n) is 2.95. The number of hydrogen-bond donors (Lipinski definition) is 2. The van der Waals surface area contributed by atoms with E-state index in [4.69, 9.17) is 4.55 Å². The van der Waals surface area contributed by atoms with Crippen LogP contribution in [0.25, 0.3) is 0 Å². The van der Waals surface area contributed by atoms with Crippen LogP contribution in [0.3, 0.4) is 0 Å². The summed E-state index contributed by atoms with van der Waals surface area (Å²) in [5.41, 5.74) is 0. The first-order valence-electron chi connectivity index (χ1n) is 4.48. The van der Waals surface area contributed by atoms with Crippen LogP contribution in [0.2, 0.25) is 0 Å². The molecule has 0 fully saturated rings. The standard InChI is InChI=1S/C6H12O3S.C3H4N2/c1-3-4-5-6(2)10(7,8)9;1-2-5-3-4-1/h3,6H,1,4-5H2,2H3,(H,7,8,9);1-3H,(H,4,5). The van der Waals surface area contributed by atoms with Crippen LogP contribution in [0.1, 0.15) is 19.8 Å². The molecule has 0 aliphatic rings. The lowest BCUT2D eigenvalue weighted by molar-refractivity contribution is 0.466. The first-order valence-corrected chi connectivity index (χ1v) is 5.98. The Labute approximate surface area is 90.0 Å². The minimum Gasteiger partial charge on any atom is -0.351 e. The van der Waals surface area contributed by atoms with Crippen molar-refractivity contribution in [3.05, 3.63) is 31.4 Å². The quantitative estimate of drug-likeness (QED) is 0.610. The molecule has 6 heteroatoms. The average Bonchev–Trinajstić information content (AvgIpc) is 2.70. The van der Waals surface area contributed by atoms with Gasteiger partial charge in [0.05, 0.1) is 11.6 Å². The van der Waals surface area contributed by atoms with Crippen molar-refractivity contribution in [3.63, 3.8) is 0 Å². The second kappa shape index (κ2) is 7.19. The lowest BCUT2D eigenvalue weighted by Crippen LogP contribution is -2.15. The molecule has 1 rings (SSSR count). The monoisotopic (exact) mass is 232 g/mol. The van der Waals surface area contributed by atoms with Crippen molar-refractivity contribution >= 4 is 10.1 Å². The molecular weight excluding hydrogens is 216 g/mol. The minimum atomic E-state index is -3.82. The van der Waals surface area contributed by atoms with Gasteiger partial charge in [0.1, 0.15) is 0 Å². The number of nitrogens with zero attached hydrogens (tertiary/aromatic N) is 1. The maximum Gasteiger partial charge on any atom is 0.267 e. The number of hydrogen-bond acceptors (Lipinski definition) is 3. The van der Waals surface area contributed by atoms with Crippen LogP contribution in [0, 0.1) is 0 Å². The Morgan fingerprint density at radius 1 is 1.67 bits per heavy atom. The summed E-state index contributed by atoms with van der Waals surface area (Å²) in [6, 6.07) is 0. The molecule has 0 amide bonds. The first-order chi connectivity index (χ1) is 6.98. The third-order valence-corrected chi connectivity index (χ3v) is 2.94. The van der Waals surface area contributed by atoms with Crippen molar-refractivity contribution in [1.29, 1.82) is 0 Å². The normalized spacial score (nSPS) is 12.4. The number of rotatable bonds is 4. The number of imidazole rings is 1. The summed E-state index contributed by atoms with van der Waals surface area (Å²) < 4.78 is 29.2. The van der Waals surface area contributed by atoms with Crippen LogP contribution in [0.4, 0.5) is 0 Å². The molecule has 15 heavy (non-hydrogen) atoms. The Hall–Kier alpha value is -1.14. The summed E-state index contributed by atoms with van der Waals surface area (Å²) in [6.45, 7) is 4.91. The van der Waals surface area contributed by atoms with E-state index in [1.54, 1.807) is 24.8 Å². The van der Waals surface area contributed by atoms with Gasteiger partial charge in [0.15, 0.2) is 0 Å². The molecule has 0 spiro atoms. The number of aromatic nitrogens is 2. The van der Waals surface area contributed by atoms with E-state index in [0.29, 0.717) is 12.8 Å². The van der Waals surface area contributed by atoms with Crippen molar-refractivity contribution < 1.29 is 13.0 Å². The molecule has 1 heterocycles. The van der Waals surface area contributed by atoms with Crippen molar-refractivity contribution in [1.82, 2.24) is 9.97 Å². The van der Waals surface area contributed by atoms with Gasteiger partial charge < -0.3 is 4.98 Å². The Balaban J connectivity index is 0.000000322. The van der Waals surface area contributed by atoms with Crippen molar-refractivity contribution in [2.45, 2.75) is 25.0 Å². The predicted molar refractivity (Wildman–Crippen MR) is 59.0 cm³/mol. The molecule has 1 aromatic heterocycles. The van der Waals surface area contributed by atoms with E-state index in [1.165, 1.54) is 6.92 Å². The Morgan fingerprint density at radius 3 is 2.60 bits per heavy atom. The first kappa shape index (κ1) is 13.9. The third kappa shape index (κ3) is 7.90.